The number of carbonyl (C=O) groups excluding carboxylic acids is 2. The van der Waals surface area contributed by atoms with Gasteiger partial charge in [-0.15, -0.1) is 13.2 Å². The molecule has 4 heterocycles. The predicted octanol–water partition coefficient (Wildman–Crippen LogP) is 2.76. The molecule has 2 aliphatic rings. The van der Waals surface area contributed by atoms with Crippen LogP contribution in [0.2, 0.25) is 0 Å². The average molecular weight is 492 g/mol. The fourth-order valence-electron chi connectivity index (χ4n) is 4.45. The number of halogens is 3. The fourth-order valence-corrected chi connectivity index (χ4v) is 4.45. The summed E-state index contributed by atoms with van der Waals surface area (Å²) < 4.78 is 50.7. The van der Waals surface area contributed by atoms with Gasteiger partial charge in [0.2, 0.25) is 5.71 Å². The van der Waals surface area contributed by atoms with Crippen LogP contribution in [0.3, 0.4) is 0 Å². The standard InChI is InChI=1S/C22H19F3N4O6/c23-22(24,25)35-15-3-1-12(2-4-15)11-33-21(32)29-9-13-7-28(8-14(13)10-29)19(30)17-6-5-16-18(26-17)34-20(31)27-16/h1-6,13-14H,7-11H2,(H,27,31)/t13-,14-/m0/s1. The molecule has 0 saturated carbocycles. The molecule has 2 fully saturated rings. The van der Waals surface area contributed by atoms with Crippen LogP contribution in [0.15, 0.2) is 45.6 Å². The summed E-state index contributed by atoms with van der Waals surface area (Å²) in [4.78, 5) is 46.4. The summed E-state index contributed by atoms with van der Waals surface area (Å²) in [6.07, 6.45) is -5.30. The van der Waals surface area contributed by atoms with Crippen LogP contribution in [0.5, 0.6) is 5.75 Å². The molecule has 0 spiro atoms. The monoisotopic (exact) mass is 492 g/mol. The molecule has 2 aromatic heterocycles. The van der Waals surface area contributed by atoms with E-state index in [-0.39, 0.29) is 41.5 Å². The number of carbonyl (C=O) groups is 2. The number of alkyl halides is 3. The van der Waals surface area contributed by atoms with Crippen molar-refractivity contribution in [1.29, 1.82) is 0 Å². The number of rotatable bonds is 4. The zero-order valence-corrected chi connectivity index (χ0v) is 18.1. The maximum absolute atomic E-state index is 12.9. The highest BCUT2D eigenvalue weighted by Crippen LogP contribution is 2.32. The van der Waals surface area contributed by atoms with Crippen molar-refractivity contribution in [3.8, 4) is 5.75 Å². The highest BCUT2D eigenvalue weighted by atomic mass is 19.4. The summed E-state index contributed by atoms with van der Waals surface area (Å²) in [5.41, 5.74) is 1.16. The van der Waals surface area contributed by atoms with Gasteiger partial charge in [0, 0.05) is 38.0 Å². The van der Waals surface area contributed by atoms with Gasteiger partial charge in [-0.3, -0.25) is 9.78 Å². The number of H-pyrrole nitrogens is 1. The fraction of sp³-hybridized carbons (Fsp3) is 0.364. The van der Waals surface area contributed by atoms with Gasteiger partial charge in [-0.25, -0.2) is 14.6 Å². The van der Waals surface area contributed by atoms with Crippen molar-refractivity contribution in [2.75, 3.05) is 26.2 Å². The molecule has 1 aromatic carbocycles. The van der Waals surface area contributed by atoms with E-state index < -0.39 is 18.2 Å². The molecule has 2 aliphatic heterocycles. The molecular weight excluding hydrogens is 473 g/mol. The molecule has 1 N–H and O–H groups in total. The van der Waals surface area contributed by atoms with Crippen molar-refractivity contribution in [3.05, 3.63) is 58.2 Å². The second-order valence-electron chi connectivity index (χ2n) is 8.45. The molecule has 184 valence electrons. The lowest BCUT2D eigenvalue weighted by Gasteiger charge is -2.21. The summed E-state index contributed by atoms with van der Waals surface area (Å²) >= 11 is 0. The Balaban J connectivity index is 1.12. The van der Waals surface area contributed by atoms with Gasteiger partial charge < -0.3 is 23.7 Å². The third kappa shape index (κ3) is 4.93. The summed E-state index contributed by atoms with van der Waals surface area (Å²) in [7, 11) is 0. The largest absolute Gasteiger partial charge is 0.573 e. The van der Waals surface area contributed by atoms with Crippen molar-refractivity contribution < 1.29 is 36.7 Å². The van der Waals surface area contributed by atoms with Crippen LogP contribution in [-0.4, -0.2) is 64.3 Å². The zero-order valence-electron chi connectivity index (χ0n) is 18.1. The van der Waals surface area contributed by atoms with E-state index in [2.05, 4.69) is 14.7 Å². The Morgan fingerprint density at radius 1 is 1.03 bits per heavy atom. The Kier molecular flexibility index (Phi) is 5.61. The van der Waals surface area contributed by atoms with Crippen LogP contribution >= 0.6 is 0 Å². The quantitative estimate of drug-likeness (QED) is 0.595. The van der Waals surface area contributed by atoms with Gasteiger partial charge in [-0.2, -0.15) is 0 Å². The normalized spacial score (nSPS) is 19.7. The van der Waals surface area contributed by atoms with Crippen LogP contribution in [0.4, 0.5) is 18.0 Å². The van der Waals surface area contributed by atoms with Gasteiger partial charge in [0.25, 0.3) is 5.91 Å². The van der Waals surface area contributed by atoms with Gasteiger partial charge in [-0.05, 0) is 29.8 Å². The number of oxazole rings is 1. The molecule has 5 rings (SSSR count). The summed E-state index contributed by atoms with van der Waals surface area (Å²) in [6, 6.07) is 8.17. The number of hydrogen-bond donors (Lipinski definition) is 1. The number of pyridine rings is 1. The maximum atomic E-state index is 12.9. The minimum atomic E-state index is -4.77. The highest BCUT2D eigenvalue weighted by Gasteiger charge is 2.44. The Bertz CT molecular complexity index is 1310. The average Bonchev–Trinajstić information content (AvgIpc) is 3.48. The first-order valence-corrected chi connectivity index (χ1v) is 10.7. The molecule has 0 radical (unpaired) electrons. The molecule has 2 amide bonds. The molecule has 2 saturated heterocycles. The number of amides is 2. The molecule has 0 bridgehead atoms. The van der Waals surface area contributed by atoms with Crippen LogP contribution in [-0.2, 0) is 11.3 Å². The third-order valence-electron chi connectivity index (χ3n) is 6.06. The number of ether oxygens (including phenoxy) is 2. The van der Waals surface area contributed by atoms with E-state index in [0.717, 1.165) is 12.1 Å². The minimum Gasteiger partial charge on any atom is -0.445 e. The van der Waals surface area contributed by atoms with Crippen molar-refractivity contribution in [1.82, 2.24) is 19.8 Å². The van der Waals surface area contributed by atoms with Gasteiger partial charge in [-0.1, -0.05) is 12.1 Å². The number of aromatic amines is 1. The lowest BCUT2D eigenvalue weighted by atomic mass is 10.0. The van der Waals surface area contributed by atoms with Crippen LogP contribution < -0.4 is 10.5 Å². The summed E-state index contributed by atoms with van der Waals surface area (Å²) in [5, 5.41) is 0. The zero-order chi connectivity index (χ0) is 24.7. The van der Waals surface area contributed by atoms with Crippen molar-refractivity contribution in [2.24, 2.45) is 11.8 Å². The molecule has 2 atom stereocenters. The summed E-state index contributed by atoms with van der Waals surface area (Å²) in [5.74, 6) is -1.12. The van der Waals surface area contributed by atoms with Crippen LogP contribution in [0.25, 0.3) is 11.2 Å². The van der Waals surface area contributed by atoms with E-state index in [1.807, 2.05) is 0 Å². The van der Waals surface area contributed by atoms with E-state index in [1.54, 1.807) is 15.9 Å². The van der Waals surface area contributed by atoms with Crippen LogP contribution in [0.1, 0.15) is 16.1 Å². The Morgan fingerprint density at radius 2 is 1.69 bits per heavy atom. The molecule has 35 heavy (non-hydrogen) atoms. The number of nitrogens with zero attached hydrogens (tertiary/aromatic N) is 3. The lowest BCUT2D eigenvalue weighted by molar-refractivity contribution is -0.274. The topological polar surface area (TPSA) is 118 Å². The van der Waals surface area contributed by atoms with Crippen molar-refractivity contribution in [3.63, 3.8) is 0 Å². The number of likely N-dealkylation sites (tertiary alicyclic amines) is 2. The number of nitrogens with one attached hydrogen (secondary N) is 1. The molecule has 0 aliphatic carbocycles. The van der Waals surface area contributed by atoms with Crippen molar-refractivity contribution in [2.45, 2.75) is 13.0 Å². The lowest BCUT2D eigenvalue weighted by Crippen LogP contribution is -2.36. The highest BCUT2D eigenvalue weighted by molar-refractivity contribution is 5.94. The first-order chi connectivity index (χ1) is 16.6. The SMILES string of the molecule is O=C(OCc1ccc(OC(F)(F)F)cc1)N1C[C@@H]2CN(C(=O)c3ccc4[nH]c(=O)oc4n3)C[C@H]2C1. The minimum absolute atomic E-state index is 0.0664. The van der Waals surface area contributed by atoms with E-state index in [1.165, 1.54) is 18.2 Å². The van der Waals surface area contributed by atoms with E-state index in [0.29, 0.717) is 37.3 Å². The molecular formula is C22H19F3N4O6. The third-order valence-corrected chi connectivity index (χ3v) is 6.06. The summed E-state index contributed by atoms with van der Waals surface area (Å²) in [6.45, 7) is 1.65. The number of hydrogen-bond acceptors (Lipinski definition) is 7. The first-order valence-electron chi connectivity index (χ1n) is 10.7. The second-order valence-corrected chi connectivity index (χ2v) is 8.45. The van der Waals surface area contributed by atoms with E-state index in [9.17, 15) is 27.6 Å². The molecule has 10 nitrogen and oxygen atoms in total. The van der Waals surface area contributed by atoms with Gasteiger partial charge in [0.15, 0.2) is 0 Å². The van der Waals surface area contributed by atoms with Gasteiger partial charge in [0.05, 0.1) is 0 Å². The molecule has 3 aromatic rings. The van der Waals surface area contributed by atoms with Crippen molar-refractivity contribution >= 4 is 23.2 Å². The number of aromatic nitrogens is 2. The Hall–Kier alpha value is -4.03. The van der Waals surface area contributed by atoms with E-state index in [4.69, 9.17) is 9.15 Å². The van der Waals surface area contributed by atoms with Gasteiger partial charge >= 0.3 is 18.2 Å². The molecule has 0 unspecified atom stereocenters. The predicted molar refractivity (Wildman–Crippen MR) is 112 cm³/mol. The number of benzene rings is 1. The Morgan fingerprint density at radius 3 is 2.34 bits per heavy atom. The van der Waals surface area contributed by atoms with Crippen LogP contribution in [0, 0.1) is 11.8 Å². The van der Waals surface area contributed by atoms with Gasteiger partial charge in [0.1, 0.15) is 23.6 Å². The number of fused-ring (bicyclic) bond motifs is 2. The first kappa shape index (κ1) is 22.7. The Labute approximate surface area is 195 Å². The van der Waals surface area contributed by atoms with E-state index >= 15 is 0 Å². The molecule has 13 heteroatoms. The second kappa shape index (κ2) is 8.64. The smallest absolute Gasteiger partial charge is 0.445 e. The maximum Gasteiger partial charge on any atom is 0.573 e.